The van der Waals surface area contributed by atoms with E-state index in [1.165, 1.54) is 5.56 Å². The molecule has 0 saturated carbocycles. The second-order valence-electron chi connectivity index (χ2n) is 5.13. The first-order valence-electron chi connectivity index (χ1n) is 6.35. The SMILES string of the molecule is CC1NNCC1c1ccc(CC(=O)N(C)C)cc1. The minimum atomic E-state index is 0.139. The van der Waals surface area contributed by atoms with Gasteiger partial charge in [-0.15, -0.1) is 0 Å². The normalized spacial score (nSPS) is 23.1. The van der Waals surface area contributed by atoms with Gasteiger partial charge in [0, 0.05) is 32.6 Å². The molecular formula is C14H21N3O. The Morgan fingerprint density at radius 2 is 2.00 bits per heavy atom. The molecule has 2 rings (SSSR count). The van der Waals surface area contributed by atoms with Crippen LogP contribution < -0.4 is 10.9 Å². The molecule has 1 amide bonds. The molecule has 0 spiro atoms. The highest BCUT2D eigenvalue weighted by molar-refractivity contribution is 5.78. The molecule has 2 N–H and O–H groups in total. The number of amides is 1. The van der Waals surface area contributed by atoms with Crippen LogP contribution in [0.3, 0.4) is 0 Å². The average molecular weight is 247 g/mol. The quantitative estimate of drug-likeness (QED) is 0.834. The molecule has 1 aromatic rings. The molecule has 1 aliphatic heterocycles. The maximum absolute atomic E-state index is 11.6. The Balaban J connectivity index is 2.03. The average Bonchev–Trinajstić information content (AvgIpc) is 2.76. The first-order valence-corrected chi connectivity index (χ1v) is 6.35. The fourth-order valence-electron chi connectivity index (χ4n) is 2.23. The smallest absolute Gasteiger partial charge is 0.226 e. The van der Waals surface area contributed by atoms with Gasteiger partial charge in [0.25, 0.3) is 0 Å². The van der Waals surface area contributed by atoms with Gasteiger partial charge in [-0.2, -0.15) is 0 Å². The number of hydrogen-bond acceptors (Lipinski definition) is 3. The van der Waals surface area contributed by atoms with Gasteiger partial charge in [-0.3, -0.25) is 15.6 Å². The van der Waals surface area contributed by atoms with E-state index < -0.39 is 0 Å². The van der Waals surface area contributed by atoms with Crippen LogP contribution in [0.25, 0.3) is 0 Å². The van der Waals surface area contributed by atoms with Crippen molar-refractivity contribution < 1.29 is 4.79 Å². The molecule has 1 aromatic carbocycles. The van der Waals surface area contributed by atoms with E-state index in [1.807, 2.05) is 0 Å². The predicted molar refractivity (Wildman–Crippen MR) is 72.2 cm³/mol. The number of hydrazine groups is 1. The van der Waals surface area contributed by atoms with Gasteiger partial charge in [-0.1, -0.05) is 24.3 Å². The minimum absolute atomic E-state index is 0.139. The van der Waals surface area contributed by atoms with Crippen molar-refractivity contribution in [2.45, 2.75) is 25.3 Å². The van der Waals surface area contributed by atoms with Crippen molar-refractivity contribution in [3.05, 3.63) is 35.4 Å². The van der Waals surface area contributed by atoms with Gasteiger partial charge >= 0.3 is 0 Å². The molecule has 4 nitrogen and oxygen atoms in total. The Morgan fingerprint density at radius 1 is 1.33 bits per heavy atom. The van der Waals surface area contributed by atoms with Crippen molar-refractivity contribution in [1.29, 1.82) is 0 Å². The molecule has 1 fully saturated rings. The van der Waals surface area contributed by atoms with Crippen LogP contribution in [0.4, 0.5) is 0 Å². The third-order valence-electron chi connectivity index (χ3n) is 3.52. The topological polar surface area (TPSA) is 44.4 Å². The lowest BCUT2D eigenvalue weighted by Gasteiger charge is -2.15. The van der Waals surface area contributed by atoms with Gasteiger partial charge in [0.05, 0.1) is 6.42 Å². The lowest BCUT2D eigenvalue weighted by atomic mass is 9.93. The zero-order chi connectivity index (χ0) is 13.1. The highest BCUT2D eigenvalue weighted by atomic mass is 16.2. The monoisotopic (exact) mass is 247 g/mol. The fourth-order valence-corrected chi connectivity index (χ4v) is 2.23. The molecule has 18 heavy (non-hydrogen) atoms. The largest absolute Gasteiger partial charge is 0.349 e. The highest BCUT2D eigenvalue weighted by Gasteiger charge is 2.23. The maximum atomic E-state index is 11.6. The first-order chi connectivity index (χ1) is 8.58. The second kappa shape index (κ2) is 5.50. The van der Waals surface area contributed by atoms with Crippen LogP contribution in [-0.4, -0.2) is 37.5 Å². The number of carbonyl (C=O) groups excluding carboxylic acids is 1. The van der Waals surface area contributed by atoms with Gasteiger partial charge < -0.3 is 4.90 Å². The maximum Gasteiger partial charge on any atom is 0.226 e. The molecule has 1 aliphatic rings. The van der Waals surface area contributed by atoms with E-state index in [9.17, 15) is 4.79 Å². The Hall–Kier alpha value is -1.39. The van der Waals surface area contributed by atoms with Crippen LogP contribution in [0, 0.1) is 0 Å². The number of hydrogen-bond donors (Lipinski definition) is 2. The summed E-state index contributed by atoms with van der Waals surface area (Å²) in [5.41, 5.74) is 8.78. The summed E-state index contributed by atoms with van der Waals surface area (Å²) in [6.45, 7) is 3.13. The van der Waals surface area contributed by atoms with E-state index >= 15 is 0 Å². The number of nitrogens with zero attached hydrogens (tertiary/aromatic N) is 1. The number of benzene rings is 1. The van der Waals surface area contributed by atoms with E-state index in [2.05, 4.69) is 42.0 Å². The fraction of sp³-hybridized carbons (Fsp3) is 0.500. The van der Waals surface area contributed by atoms with Crippen LogP contribution in [0.2, 0.25) is 0 Å². The minimum Gasteiger partial charge on any atom is -0.349 e. The lowest BCUT2D eigenvalue weighted by molar-refractivity contribution is -0.127. The van der Waals surface area contributed by atoms with Crippen LogP contribution in [-0.2, 0) is 11.2 Å². The van der Waals surface area contributed by atoms with Crippen molar-refractivity contribution in [3.8, 4) is 0 Å². The summed E-state index contributed by atoms with van der Waals surface area (Å²) in [6, 6.07) is 8.82. The molecule has 0 aromatic heterocycles. The highest BCUT2D eigenvalue weighted by Crippen LogP contribution is 2.22. The molecule has 2 unspecified atom stereocenters. The van der Waals surface area contributed by atoms with E-state index in [-0.39, 0.29) is 5.91 Å². The Kier molecular flexibility index (Phi) is 3.99. The first kappa shape index (κ1) is 13.1. The van der Waals surface area contributed by atoms with Gasteiger partial charge in [-0.05, 0) is 18.1 Å². The summed E-state index contributed by atoms with van der Waals surface area (Å²) in [7, 11) is 3.57. The number of carbonyl (C=O) groups is 1. The van der Waals surface area contributed by atoms with Gasteiger partial charge in [-0.25, -0.2) is 0 Å². The van der Waals surface area contributed by atoms with E-state index in [1.54, 1.807) is 19.0 Å². The molecule has 0 aliphatic carbocycles. The number of rotatable bonds is 3. The molecule has 1 heterocycles. The Labute approximate surface area is 108 Å². The molecule has 0 bridgehead atoms. The second-order valence-corrected chi connectivity index (χ2v) is 5.13. The summed E-state index contributed by atoms with van der Waals surface area (Å²) in [5.74, 6) is 0.643. The molecule has 0 radical (unpaired) electrons. The molecular weight excluding hydrogens is 226 g/mol. The van der Waals surface area contributed by atoms with E-state index in [4.69, 9.17) is 0 Å². The summed E-state index contributed by atoms with van der Waals surface area (Å²) < 4.78 is 0. The molecule has 2 atom stereocenters. The van der Waals surface area contributed by atoms with E-state index in [0.717, 1.165) is 12.1 Å². The molecule has 4 heteroatoms. The van der Waals surface area contributed by atoms with Crippen molar-refractivity contribution >= 4 is 5.91 Å². The summed E-state index contributed by atoms with van der Waals surface area (Å²) >= 11 is 0. The van der Waals surface area contributed by atoms with Crippen molar-refractivity contribution in [2.75, 3.05) is 20.6 Å². The summed E-state index contributed by atoms with van der Waals surface area (Å²) in [4.78, 5) is 13.2. The van der Waals surface area contributed by atoms with Crippen LogP contribution in [0.15, 0.2) is 24.3 Å². The van der Waals surface area contributed by atoms with E-state index in [0.29, 0.717) is 18.4 Å². The number of nitrogens with one attached hydrogen (secondary N) is 2. The lowest BCUT2D eigenvalue weighted by Crippen LogP contribution is -2.28. The van der Waals surface area contributed by atoms with Crippen molar-refractivity contribution in [2.24, 2.45) is 0 Å². The van der Waals surface area contributed by atoms with Gasteiger partial charge in [0.15, 0.2) is 0 Å². The summed E-state index contributed by atoms with van der Waals surface area (Å²) in [6.07, 6.45) is 0.476. The zero-order valence-electron chi connectivity index (χ0n) is 11.2. The zero-order valence-corrected chi connectivity index (χ0v) is 11.2. The summed E-state index contributed by atoms with van der Waals surface area (Å²) in [5, 5.41) is 0. The van der Waals surface area contributed by atoms with Crippen molar-refractivity contribution in [1.82, 2.24) is 15.8 Å². The van der Waals surface area contributed by atoms with Crippen LogP contribution in [0.5, 0.6) is 0 Å². The van der Waals surface area contributed by atoms with Crippen molar-refractivity contribution in [3.63, 3.8) is 0 Å². The van der Waals surface area contributed by atoms with Crippen LogP contribution in [0.1, 0.15) is 24.0 Å². The third-order valence-corrected chi connectivity index (χ3v) is 3.52. The Morgan fingerprint density at radius 3 is 2.50 bits per heavy atom. The number of likely N-dealkylation sites (N-methyl/N-ethyl adjacent to an activating group) is 1. The van der Waals surface area contributed by atoms with Crippen LogP contribution >= 0.6 is 0 Å². The third kappa shape index (κ3) is 2.89. The molecule has 1 saturated heterocycles. The van der Waals surface area contributed by atoms with Gasteiger partial charge in [0.2, 0.25) is 5.91 Å². The molecule has 98 valence electrons. The van der Waals surface area contributed by atoms with Gasteiger partial charge in [0.1, 0.15) is 0 Å². The predicted octanol–water partition coefficient (Wildman–Crippen LogP) is 0.897. The standard InChI is InChI=1S/C14H21N3O/c1-10-13(9-15-16-10)12-6-4-11(5-7-12)8-14(18)17(2)3/h4-7,10,13,15-16H,8-9H2,1-3H3. The Bertz CT molecular complexity index is 414.